The van der Waals surface area contributed by atoms with Crippen molar-refractivity contribution in [2.45, 2.75) is 19.3 Å². The lowest BCUT2D eigenvalue weighted by molar-refractivity contribution is -0.143. The molecule has 1 heterocycles. The molecule has 1 rings (SSSR count). The van der Waals surface area contributed by atoms with E-state index in [0.717, 1.165) is 0 Å². The monoisotopic (exact) mass is 589 g/mol. The minimum atomic E-state index is -1.23. The third-order valence-electron chi connectivity index (χ3n) is 6.23. The van der Waals surface area contributed by atoms with Gasteiger partial charge in [0.2, 0.25) is 11.8 Å². The van der Waals surface area contributed by atoms with E-state index in [1.54, 1.807) is 9.80 Å². The lowest BCUT2D eigenvalue weighted by Gasteiger charge is -2.34. The second-order valence-corrected chi connectivity index (χ2v) is 9.60. The first-order valence-electron chi connectivity index (χ1n) is 12.9. The molecule has 232 valence electrons. The van der Waals surface area contributed by atoms with E-state index < -0.39 is 56.0 Å². The van der Waals surface area contributed by atoms with Crippen molar-refractivity contribution < 1.29 is 54.0 Å². The molecule has 18 heteroatoms. The van der Waals surface area contributed by atoms with Crippen LogP contribution in [0.1, 0.15) is 19.3 Å². The molecule has 41 heavy (non-hydrogen) atoms. The first-order chi connectivity index (χ1) is 19.3. The number of nitrogens with one attached hydrogen (secondary N) is 2. The molecule has 0 atom stereocenters. The number of carboxylic acid groups (broad SMARTS) is 4. The molecule has 0 aromatic carbocycles. The Hall–Kier alpha value is -3.87. The predicted molar refractivity (Wildman–Crippen MR) is 139 cm³/mol. The second-order valence-electron chi connectivity index (χ2n) is 9.60. The van der Waals surface area contributed by atoms with Crippen LogP contribution in [0.5, 0.6) is 0 Å². The summed E-state index contributed by atoms with van der Waals surface area (Å²) in [4.78, 5) is 86.3. The molecule has 0 bridgehead atoms. The summed E-state index contributed by atoms with van der Waals surface area (Å²) in [6.45, 7) is -1.83. The van der Waals surface area contributed by atoms with Crippen molar-refractivity contribution in [2.75, 3.05) is 78.5 Å². The Balaban J connectivity index is 2.79. The van der Waals surface area contributed by atoms with Gasteiger partial charge in [-0.25, -0.2) is 0 Å². The van der Waals surface area contributed by atoms with Gasteiger partial charge in [-0.15, -0.1) is 0 Å². The van der Waals surface area contributed by atoms with E-state index in [1.807, 2.05) is 0 Å². The molecular weight excluding hydrogens is 550 g/mol. The van der Waals surface area contributed by atoms with Gasteiger partial charge in [0.15, 0.2) is 0 Å². The molecule has 3 amide bonds. The number of carboxylic acids is 4. The van der Waals surface area contributed by atoms with Gasteiger partial charge in [-0.1, -0.05) is 0 Å². The third-order valence-corrected chi connectivity index (χ3v) is 6.23. The van der Waals surface area contributed by atoms with Crippen LogP contribution < -0.4 is 16.6 Å². The molecular formula is C23H39N7O11. The molecule has 0 aromatic heterocycles. The number of amides is 3. The summed E-state index contributed by atoms with van der Waals surface area (Å²) >= 11 is 0. The van der Waals surface area contributed by atoms with Crippen molar-refractivity contribution in [3.05, 3.63) is 0 Å². The highest BCUT2D eigenvalue weighted by molar-refractivity contribution is 5.83. The molecule has 18 nitrogen and oxygen atoms in total. The van der Waals surface area contributed by atoms with Gasteiger partial charge >= 0.3 is 23.9 Å². The van der Waals surface area contributed by atoms with Gasteiger partial charge in [-0.05, 0) is 18.8 Å². The third kappa shape index (κ3) is 16.1. The van der Waals surface area contributed by atoms with Crippen LogP contribution in [0.3, 0.4) is 0 Å². The van der Waals surface area contributed by atoms with Crippen LogP contribution in [0.2, 0.25) is 0 Å². The summed E-state index contributed by atoms with van der Waals surface area (Å²) < 4.78 is 0. The predicted octanol–water partition coefficient (Wildman–Crippen LogP) is -4.03. The van der Waals surface area contributed by atoms with Crippen LogP contribution >= 0.6 is 0 Å². The average molecular weight is 590 g/mol. The van der Waals surface area contributed by atoms with Crippen LogP contribution in [-0.4, -0.2) is 160 Å². The highest BCUT2D eigenvalue weighted by Gasteiger charge is 2.26. The molecule has 0 spiro atoms. The molecule has 0 radical (unpaired) electrons. The standard InChI is InChI=1S/C23H39N7O11/c24-10-18(32)26-25-17(31)9-16-1-3-30(4-2-16)19(33)11-27(5-7-28(12-20(34)35)13-21(36)37)6-8-29(14-22(38)39)15-23(40)41/h16H,1-15,24H2,(H,25,31)(H,26,32)(H,34,35)(H,36,37)(H,38,39)(H,40,41). The number of carbonyl (C=O) groups excluding carboxylic acids is 3. The highest BCUT2D eigenvalue weighted by Crippen LogP contribution is 2.20. The molecule has 1 fully saturated rings. The smallest absolute Gasteiger partial charge is 0.317 e. The summed E-state index contributed by atoms with van der Waals surface area (Å²) in [5, 5.41) is 36.4. The fraction of sp³-hybridized carbons (Fsp3) is 0.696. The van der Waals surface area contributed by atoms with Crippen molar-refractivity contribution in [3.63, 3.8) is 0 Å². The summed E-state index contributed by atoms with van der Waals surface area (Å²) in [7, 11) is 0. The highest BCUT2D eigenvalue weighted by atomic mass is 16.4. The Bertz CT molecular complexity index is 869. The molecule has 1 aliphatic heterocycles. The zero-order chi connectivity index (χ0) is 30.9. The first-order valence-corrected chi connectivity index (χ1v) is 12.9. The van der Waals surface area contributed by atoms with Crippen molar-refractivity contribution in [1.29, 1.82) is 0 Å². The normalized spacial score (nSPS) is 13.8. The second kappa shape index (κ2) is 18.5. The van der Waals surface area contributed by atoms with E-state index in [2.05, 4.69) is 10.9 Å². The van der Waals surface area contributed by atoms with Crippen LogP contribution in [0, 0.1) is 5.92 Å². The van der Waals surface area contributed by atoms with Gasteiger partial charge in [-0.2, -0.15) is 0 Å². The lowest BCUT2D eigenvalue weighted by atomic mass is 9.93. The van der Waals surface area contributed by atoms with E-state index in [-0.39, 0.29) is 63.4 Å². The molecule has 0 unspecified atom stereocenters. The number of piperidine rings is 1. The number of rotatable bonds is 19. The van der Waals surface area contributed by atoms with Crippen LogP contribution in [0.4, 0.5) is 0 Å². The van der Waals surface area contributed by atoms with Gasteiger partial charge < -0.3 is 31.1 Å². The van der Waals surface area contributed by atoms with E-state index in [4.69, 9.17) is 26.2 Å². The zero-order valence-corrected chi connectivity index (χ0v) is 22.7. The first kappa shape index (κ1) is 35.2. The van der Waals surface area contributed by atoms with Crippen LogP contribution in [0.25, 0.3) is 0 Å². The number of aliphatic carboxylic acids is 4. The Morgan fingerprint density at radius 2 is 1.02 bits per heavy atom. The maximum atomic E-state index is 13.1. The maximum Gasteiger partial charge on any atom is 0.317 e. The van der Waals surface area contributed by atoms with Gasteiger partial charge in [0.05, 0.1) is 39.3 Å². The number of hydrogen-bond acceptors (Lipinski definition) is 11. The quantitative estimate of drug-likeness (QED) is 0.0707. The molecule has 1 saturated heterocycles. The fourth-order valence-electron chi connectivity index (χ4n) is 4.21. The van der Waals surface area contributed by atoms with Crippen molar-refractivity contribution in [3.8, 4) is 0 Å². The molecule has 0 aromatic rings. The molecule has 0 saturated carbocycles. The largest absolute Gasteiger partial charge is 0.480 e. The van der Waals surface area contributed by atoms with E-state index in [9.17, 15) is 33.6 Å². The zero-order valence-electron chi connectivity index (χ0n) is 22.7. The number of carbonyl (C=O) groups is 7. The number of likely N-dealkylation sites (tertiary alicyclic amines) is 1. The number of hydrazine groups is 1. The fourth-order valence-corrected chi connectivity index (χ4v) is 4.21. The number of nitrogens with zero attached hydrogens (tertiary/aromatic N) is 4. The maximum absolute atomic E-state index is 13.1. The van der Waals surface area contributed by atoms with Crippen molar-refractivity contribution in [1.82, 2.24) is 30.5 Å². The Morgan fingerprint density at radius 3 is 1.41 bits per heavy atom. The summed E-state index contributed by atoms with van der Waals surface area (Å²) in [6.07, 6.45) is 1.20. The van der Waals surface area contributed by atoms with Gasteiger partial charge in [0.1, 0.15) is 0 Å². The lowest BCUT2D eigenvalue weighted by Crippen LogP contribution is -2.49. The SMILES string of the molecule is NCC(=O)NNC(=O)CC1CCN(C(=O)CN(CCN(CC(=O)O)CC(=O)O)CCN(CC(=O)O)CC(=O)O)CC1. The van der Waals surface area contributed by atoms with E-state index >= 15 is 0 Å². The van der Waals surface area contributed by atoms with Gasteiger partial charge in [0.25, 0.3) is 5.91 Å². The summed E-state index contributed by atoms with van der Waals surface area (Å²) in [5.41, 5.74) is 9.61. The van der Waals surface area contributed by atoms with E-state index in [1.165, 1.54) is 9.80 Å². The van der Waals surface area contributed by atoms with Gasteiger partial charge in [-0.3, -0.25) is 59.1 Å². The summed E-state index contributed by atoms with van der Waals surface area (Å²) in [6, 6.07) is 0. The van der Waals surface area contributed by atoms with E-state index in [0.29, 0.717) is 25.9 Å². The minimum Gasteiger partial charge on any atom is -0.480 e. The Morgan fingerprint density at radius 1 is 0.634 bits per heavy atom. The molecule has 8 N–H and O–H groups in total. The van der Waals surface area contributed by atoms with Crippen LogP contribution in [-0.2, 0) is 33.6 Å². The minimum absolute atomic E-state index is 0.0221. The van der Waals surface area contributed by atoms with Crippen molar-refractivity contribution in [2.24, 2.45) is 11.7 Å². The molecule has 0 aliphatic carbocycles. The Kier molecular flexibility index (Phi) is 15.8. The van der Waals surface area contributed by atoms with Crippen molar-refractivity contribution >= 4 is 41.6 Å². The number of hydrogen-bond donors (Lipinski definition) is 7. The molecule has 1 aliphatic rings. The van der Waals surface area contributed by atoms with Gasteiger partial charge in [0, 0.05) is 45.7 Å². The van der Waals surface area contributed by atoms with Crippen LogP contribution in [0.15, 0.2) is 0 Å². The number of nitrogens with two attached hydrogens (primary N) is 1. The summed E-state index contributed by atoms with van der Waals surface area (Å²) in [5.74, 6) is -6.17. The topological polar surface area (TPSA) is 263 Å². The average Bonchev–Trinajstić information content (AvgIpc) is 2.87. The Labute approximate surface area is 236 Å².